The van der Waals surface area contributed by atoms with Gasteiger partial charge in [0, 0.05) is 20.0 Å². The molecule has 4 heteroatoms. The van der Waals surface area contributed by atoms with Crippen molar-refractivity contribution in [2.45, 2.75) is 19.8 Å². The molecule has 84 valence electrons. The second-order valence-electron chi connectivity index (χ2n) is 3.42. The van der Waals surface area contributed by atoms with Crippen LogP contribution >= 0.6 is 0 Å². The summed E-state index contributed by atoms with van der Waals surface area (Å²) in [4.78, 5) is 13.1. The van der Waals surface area contributed by atoms with Gasteiger partial charge in [-0.15, -0.1) is 0 Å². The summed E-state index contributed by atoms with van der Waals surface area (Å²) in [6.45, 7) is 5.30. The van der Waals surface area contributed by atoms with Crippen LogP contribution in [0.3, 0.4) is 0 Å². The third-order valence-corrected chi connectivity index (χ3v) is 2.15. The molecule has 0 bridgehead atoms. The highest BCUT2D eigenvalue weighted by Gasteiger charge is 2.06. The summed E-state index contributed by atoms with van der Waals surface area (Å²) < 4.78 is 0. The van der Waals surface area contributed by atoms with Crippen molar-refractivity contribution in [2.75, 3.05) is 40.3 Å². The first kappa shape index (κ1) is 13.4. The van der Waals surface area contributed by atoms with Gasteiger partial charge in [-0.05, 0) is 40.0 Å². The Balaban J connectivity index is 3.61. The molecular weight excluding hydrogens is 178 g/mol. The lowest BCUT2D eigenvalue weighted by Gasteiger charge is -2.20. The van der Waals surface area contributed by atoms with Crippen molar-refractivity contribution in [3.8, 4) is 0 Å². The van der Waals surface area contributed by atoms with Crippen LogP contribution in [0.4, 0.5) is 0 Å². The van der Waals surface area contributed by atoms with Gasteiger partial charge in [-0.1, -0.05) is 0 Å². The van der Waals surface area contributed by atoms with Crippen LogP contribution in [0.1, 0.15) is 19.8 Å². The SMILES string of the molecule is CNCCCN(CCCNC)C(C)=O. The van der Waals surface area contributed by atoms with Gasteiger partial charge >= 0.3 is 0 Å². The quantitative estimate of drug-likeness (QED) is 0.546. The number of hydrogen-bond donors (Lipinski definition) is 2. The largest absolute Gasteiger partial charge is 0.343 e. The maximum Gasteiger partial charge on any atom is 0.219 e. The minimum atomic E-state index is 0.178. The highest BCUT2D eigenvalue weighted by Crippen LogP contribution is 1.94. The summed E-state index contributed by atoms with van der Waals surface area (Å²) >= 11 is 0. The van der Waals surface area contributed by atoms with Gasteiger partial charge in [-0.3, -0.25) is 4.79 Å². The minimum Gasteiger partial charge on any atom is -0.343 e. The third-order valence-electron chi connectivity index (χ3n) is 2.15. The number of nitrogens with zero attached hydrogens (tertiary/aromatic N) is 1. The molecule has 0 aliphatic rings. The molecule has 0 atom stereocenters. The van der Waals surface area contributed by atoms with Crippen LogP contribution < -0.4 is 10.6 Å². The number of hydrogen-bond acceptors (Lipinski definition) is 3. The van der Waals surface area contributed by atoms with Crippen LogP contribution in [-0.2, 0) is 4.79 Å². The van der Waals surface area contributed by atoms with E-state index in [2.05, 4.69) is 10.6 Å². The maximum absolute atomic E-state index is 11.2. The second-order valence-corrected chi connectivity index (χ2v) is 3.42. The molecule has 0 aromatic rings. The van der Waals surface area contributed by atoms with Gasteiger partial charge in [0.15, 0.2) is 0 Å². The van der Waals surface area contributed by atoms with Gasteiger partial charge in [-0.2, -0.15) is 0 Å². The molecule has 2 N–H and O–H groups in total. The normalized spacial score (nSPS) is 10.2. The van der Waals surface area contributed by atoms with E-state index in [1.54, 1.807) is 6.92 Å². The first-order chi connectivity index (χ1) is 6.72. The van der Waals surface area contributed by atoms with E-state index in [4.69, 9.17) is 0 Å². The summed E-state index contributed by atoms with van der Waals surface area (Å²) in [5, 5.41) is 6.16. The summed E-state index contributed by atoms with van der Waals surface area (Å²) in [6, 6.07) is 0. The molecule has 0 aliphatic carbocycles. The average molecular weight is 201 g/mol. The molecule has 0 spiro atoms. The van der Waals surface area contributed by atoms with Crippen LogP contribution in [0, 0.1) is 0 Å². The molecule has 1 amide bonds. The first-order valence-electron chi connectivity index (χ1n) is 5.27. The predicted molar refractivity (Wildman–Crippen MR) is 59.3 cm³/mol. The van der Waals surface area contributed by atoms with Gasteiger partial charge in [-0.25, -0.2) is 0 Å². The van der Waals surface area contributed by atoms with Crippen molar-refractivity contribution in [2.24, 2.45) is 0 Å². The zero-order valence-corrected chi connectivity index (χ0v) is 9.60. The van der Waals surface area contributed by atoms with Crippen LogP contribution in [0.25, 0.3) is 0 Å². The van der Waals surface area contributed by atoms with Crippen molar-refractivity contribution in [3.05, 3.63) is 0 Å². The molecule has 0 heterocycles. The molecule has 4 nitrogen and oxygen atoms in total. The van der Waals surface area contributed by atoms with E-state index in [1.165, 1.54) is 0 Å². The summed E-state index contributed by atoms with van der Waals surface area (Å²) in [7, 11) is 3.86. The van der Waals surface area contributed by atoms with Crippen molar-refractivity contribution < 1.29 is 4.79 Å². The summed E-state index contributed by atoms with van der Waals surface area (Å²) in [5.41, 5.74) is 0. The van der Waals surface area contributed by atoms with Gasteiger partial charge < -0.3 is 15.5 Å². The van der Waals surface area contributed by atoms with Crippen molar-refractivity contribution in [1.82, 2.24) is 15.5 Å². The van der Waals surface area contributed by atoms with Crippen molar-refractivity contribution in [3.63, 3.8) is 0 Å². The molecule has 0 fully saturated rings. The van der Waals surface area contributed by atoms with E-state index in [0.29, 0.717) is 0 Å². The number of nitrogens with one attached hydrogen (secondary N) is 2. The van der Waals surface area contributed by atoms with Crippen LogP contribution in [0.15, 0.2) is 0 Å². The summed E-state index contributed by atoms with van der Waals surface area (Å²) in [5.74, 6) is 0.178. The lowest BCUT2D eigenvalue weighted by molar-refractivity contribution is -0.128. The Kier molecular flexibility index (Phi) is 8.57. The van der Waals surface area contributed by atoms with Gasteiger partial charge in [0.1, 0.15) is 0 Å². The van der Waals surface area contributed by atoms with Crippen LogP contribution in [0.5, 0.6) is 0 Å². The predicted octanol–water partition coefficient (Wildman–Crippen LogP) is 0.0539. The highest BCUT2D eigenvalue weighted by molar-refractivity contribution is 5.73. The number of rotatable bonds is 8. The Hall–Kier alpha value is -0.610. The Labute approximate surface area is 87.0 Å². The van der Waals surface area contributed by atoms with Gasteiger partial charge in [0.2, 0.25) is 5.91 Å². The van der Waals surface area contributed by atoms with E-state index in [1.807, 2.05) is 19.0 Å². The highest BCUT2D eigenvalue weighted by atomic mass is 16.2. The van der Waals surface area contributed by atoms with E-state index in [-0.39, 0.29) is 5.91 Å². The average Bonchev–Trinajstić information content (AvgIpc) is 2.15. The molecule has 14 heavy (non-hydrogen) atoms. The molecule has 0 aromatic heterocycles. The van der Waals surface area contributed by atoms with Crippen molar-refractivity contribution in [1.29, 1.82) is 0 Å². The van der Waals surface area contributed by atoms with Gasteiger partial charge in [0.05, 0.1) is 0 Å². The smallest absolute Gasteiger partial charge is 0.219 e. The Morgan fingerprint density at radius 3 is 1.79 bits per heavy atom. The molecule has 0 aromatic carbocycles. The second kappa shape index (κ2) is 8.97. The van der Waals surface area contributed by atoms with Crippen LogP contribution in [-0.4, -0.2) is 51.1 Å². The lowest BCUT2D eigenvalue weighted by Crippen LogP contribution is -2.33. The molecular formula is C10H23N3O. The molecule has 0 rings (SSSR count). The first-order valence-corrected chi connectivity index (χ1v) is 5.27. The third kappa shape index (κ3) is 6.86. The maximum atomic E-state index is 11.2. The van der Waals surface area contributed by atoms with E-state index >= 15 is 0 Å². The summed E-state index contributed by atoms with van der Waals surface area (Å²) in [6.07, 6.45) is 2.05. The van der Waals surface area contributed by atoms with Crippen molar-refractivity contribution >= 4 is 5.91 Å². The monoisotopic (exact) mass is 201 g/mol. The topological polar surface area (TPSA) is 44.4 Å². The lowest BCUT2D eigenvalue weighted by atomic mass is 10.3. The van der Waals surface area contributed by atoms with E-state index < -0.39 is 0 Å². The standard InChI is InChI=1S/C10H23N3O/c1-10(14)13(8-4-6-11-2)9-5-7-12-3/h11-12H,4-9H2,1-3H3. The van der Waals surface area contributed by atoms with E-state index in [9.17, 15) is 4.79 Å². The fraction of sp³-hybridized carbons (Fsp3) is 0.900. The zero-order valence-electron chi connectivity index (χ0n) is 9.60. The molecule has 0 radical (unpaired) electrons. The Morgan fingerprint density at radius 2 is 1.50 bits per heavy atom. The number of amides is 1. The fourth-order valence-electron chi connectivity index (χ4n) is 1.32. The zero-order chi connectivity index (χ0) is 10.8. The molecule has 0 saturated heterocycles. The Bertz CT molecular complexity index is 140. The molecule has 0 saturated carbocycles. The minimum absolute atomic E-state index is 0.178. The fourth-order valence-corrected chi connectivity index (χ4v) is 1.32. The van der Waals surface area contributed by atoms with Gasteiger partial charge in [0.25, 0.3) is 0 Å². The molecule has 0 unspecified atom stereocenters. The van der Waals surface area contributed by atoms with Crippen LogP contribution in [0.2, 0.25) is 0 Å². The van der Waals surface area contributed by atoms with E-state index in [0.717, 1.165) is 39.0 Å². The number of carbonyl (C=O) groups excluding carboxylic acids is 1. The molecule has 0 aliphatic heterocycles. The Morgan fingerprint density at radius 1 is 1.07 bits per heavy atom. The number of carbonyl (C=O) groups is 1.